The number of nitrogens with one attached hydrogen (secondary N) is 1. The van der Waals surface area contributed by atoms with Crippen molar-refractivity contribution in [2.24, 2.45) is 5.92 Å². The standard InChI is InChI=1S/C13H24N2O5/c1-5-20-11(16)6-7-15(4)13(19)14-10(12(17)18)8-9(2)3/h9-10H,5-8H2,1-4H3,(H,14,19)(H,17,18)/t10-/m0/s1. The van der Waals surface area contributed by atoms with E-state index in [2.05, 4.69) is 5.32 Å². The Balaban J connectivity index is 4.28. The van der Waals surface area contributed by atoms with Gasteiger partial charge in [0.05, 0.1) is 13.0 Å². The number of carbonyl (C=O) groups excluding carboxylic acids is 2. The summed E-state index contributed by atoms with van der Waals surface area (Å²) in [4.78, 5) is 35.3. The van der Waals surface area contributed by atoms with E-state index in [9.17, 15) is 14.4 Å². The molecule has 7 heteroatoms. The van der Waals surface area contributed by atoms with Gasteiger partial charge in [-0.3, -0.25) is 4.79 Å². The molecule has 0 spiro atoms. The summed E-state index contributed by atoms with van der Waals surface area (Å²) in [5.74, 6) is -1.30. The summed E-state index contributed by atoms with van der Waals surface area (Å²) < 4.78 is 4.75. The second-order valence-corrected chi connectivity index (χ2v) is 4.95. The average Bonchev–Trinajstić information content (AvgIpc) is 2.34. The van der Waals surface area contributed by atoms with Crippen molar-refractivity contribution in [3.63, 3.8) is 0 Å². The number of aliphatic carboxylic acids is 1. The smallest absolute Gasteiger partial charge is 0.326 e. The third kappa shape index (κ3) is 7.60. The third-order valence-corrected chi connectivity index (χ3v) is 2.61. The van der Waals surface area contributed by atoms with Gasteiger partial charge < -0.3 is 20.1 Å². The predicted molar refractivity (Wildman–Crippen MR) is 73.3 cm³/mol. The van der Waals surface area contributed by atoms with Crippen molar-refractivity contribution in [2.75, 3.05) is 20.2 Å². The number of carboxylic acid groups (broad SMARTS) is 1. The molecule has 2 N–H and O–H groups in total. The highest BCUT2D eigenvalue weighted by Crippen LogP contribution is 2.05. The van der Waals surface area contributed by atoms with Gasteiger partial charge in [0.15, 0.2) is 0 Å². The Morgan fingerprint density at radius 3 is 2.35 bits per heavy atom. The fourth-order valence-electron chi connectivity index (χ4n) is 1.55. The Kier molecular flexibility index (Phi) is 8.35. The van der Waals surface area contributed by atoms with E-state index < -0.39 is 18.0 Å². The van der Waals surface area contributed by atoms with Crippen LogP contribution >= 0.6 is 0 Å². The first-order chi connectivity index (χ1) is 9.27. The number of hydrogen-bond acceptors (Lipinski definition) is 4. The van der Waals surface area contributed by atoms with Crippen LogP contribution in [0.4, 0.5) is 4.79 Å². The molecule has 0 aliphatic heterocycles. The molecule has 0 aromatic rings. The molecule has 0 unspecified atom stereocenters. The zero-order chi connectivity index (χ0) is 15.7. The summed E-state index contributed by atoms with van der Waals surface area (Å²) in [5.41, 5.74) is 0. The van der Waals surface area contributed by atoms with Gasteiger partial charge in [0.2, 0.25) is 0 Å². The maximum absolute atomic E-state index is 11.8. The molecule has 0 fully saturated rings. The molecule has 0 saturated heterocycles. The van der Waals surface area contributed by atoms with Crippen LogP contribution in [0.1, 0.15) is 33.6 Å². The lowest BCUT2D eigenvalue weighted by Gasteiger charge is -2.22. The maximum Gasteiger partial charge on any atom is 0.326 e. The van der Waals surface area contributed by atoms with E-state index in [1.807, 2.05) is 13.8 Å². The molecule has 0 aromatic carbocycles. The lowest BCUT2D eigenvalue weighted by atomic mass is 10.0. The average molecular weight is 288 g/mol. The maximum atomic E-state index is 11.8. The van der Waals surface area contributed by atoms with Crippen LogP contribution in [0.5, 0.6) is 0 Å². The van der Waals surface area contributed by atoms with E-state index in [4.69, 9.17) is 9.84 Å². The predicted octanol–water partition coefficient (Wildman–Crippen LogP) is 1.08. The fraction of sp³-hybridized carbons (Fsp3) is 0.769. The normalized spacial score (nSPS) is 11.8. The second-order valence-electron chi connectivity index (χ2n) is 4.95. The number of nitrogens with zero attached hydrogens (tertiary/aromatic N) is 1. The number of amides is 2. The number of carbonyl (C=O) groups is 3. The molecule has 0 radical (unpaired) electrons. The topological polar surface area (TPSA) is 95.9 Å². The van der Waals surface area contributed by atoms with E-state index in [0.717, 1.165) is 0 Å². The quantitative estimate of drug-likeness (QED) is 0.652. The van der Waals surface area contributed by atoms with Gasteiger partial charge in [-0.25, -0.2) is 9.59 Å². The van der Waals surface area contributed by atoms with Gasteiger partial charge in [-0.15, -0.1) is 0 Å². The Morgan fingerprint density at radius 2 is 1.90 bits per heavy atom. The minimum atomic E-state index is -1.06. The monoisotopic (exact) mass is 288 g/mol. The second kappa shape index (κ2) is 9.17. The van der Waals surface area contributed by atoms with Crippen LogP contribution in [-0.4, -0.2) is 54.2 Å². The Hall–Kier alpha value is -1.79. The highest BCUT2D eigenvalue weighted by atomic mass is 16.5. The summed E-state index contributed by atoms with van der Waals surface area (Å²) in [6.07, 6.45) is 0.437. The number of urea groups is 1. The minimum Gasteiger partial charge on any atom is -0.480 e. The van der Waals surface area contributed by atoms with Gasteiger partial charge in [-0.2, -0.15) is 0 Å². The lowest BCUT2D eigenvalue weighted by molar-refractivity contribution is -0.143. The molecule has 0 aliphatic rings. The van der Waals surface area contributed by atoms with E-state index in [0.29, 0.717) is 13.0 Å². The number of carboxylic acids is 1. The third-order valence-electron chi connectivity index (χ3n) is 2.61. The van der Waals surface area contributed by atoms with Gasteiger partial charge >= 0.3 is 18.0 Å². The van der Waals surface area contributed by atoms with Crippen molar-refractivity contribution in [1.82, 2.24) is 10.2 Å². The van der Waals surface area contributed by atoms with Crippen LogP contribution in [0.25, 0.3) is 0 Å². The number of rotatable bonds is 8. The fourth-order valence-corrected chi connectivity index (χ4v) is 1.55. The zero-order valence-electron chi connectivity index (χ0n) is 12.5. The van der Waals surface area contributed by atoms with Gasteiger partial charge in [0.25, 0.3) is 0 Å². The van der Waals surface area contributed by atoms with Crippen LogP contribution < -0.4 is 5.32 Å². The van der Waals surface area contributed by atoms with Crippen LogP contribution in [0.15, 0.2) is 0 Å². The molecule has 2 amide bonds. The van der Waals surface area contributed by atoms with Gasteiger partial charge in [-0.1, -0.05) is 13.8 Å². The van der Waals surface area contributed by atoms with Crippen molar-refractivity contribution < 1.29 is 24.2 Å². The minimum absolute atomic E-state index is 0.0830. The molecular weight excluding hydrogens is 264 g/mol. The Labute approximate surface area is 119 Å². The van der Waals surface area contributed by atoms with Crippen molar-refractivity contribution >= 4 is 18.0 Å². The summed E-state index contributed by atoms with van der Waals surface area (Å²) in [6.45, 7) is 5.94. The molecule has 0 aliphatic carbocycles. The summed E-state index contributed by atoms with van der Waals surface area (Å²) in [6, 6.07) is -1.44. The molecule has 1 atom stereocenters. The van der Waals surface area contributed by atoms with Crippen LogP contribution in [0.2, 0.25) is 0 Å². The number of esters is 1. The summed E-state index contributed by atoms with van der Waals surface area (Å²) in [7, 11) is 1.50. The molecule has 0 heterocycles. The van der Waals surface area contributed by atoms with Crippen LogP contribution in [0.3, 0.4) is 0 Å². The molecule has 0 aromatic heterocycles. The van der Waals surface area contributed by atoms with Crippen LogP contribution in [0, 0.1) is 5.92 Å². The van der Waals surface area contributed by atoms with Gasteiger partial charge in [0.1, 0.15) is 6.04 Å². The lowest BCUT2D eigenvalue weighted by Crippen LogP contribution is -2.47. The molecule has 116 valence electrons. The van der Waals surface area contributed by atoms with E-state index in [-0.39, 0.29) is 24.9 Å². The summed E-state index contributed by atoms with van der Waals surface area (Å²) >= 11 is 0. The van der Waals surface area contributed by atoms with Crippen molar-refractivity contribution in [3.8, 4) is 0 Å². The largest absolute Gasteiger partial charge is 0.480 e. The van der Waals surface area contributed by atoms with E-state index in [1.165, 1.54) is 11.9 Å². The van der Waals surface area contributed by atoms with E-state index in [1.54, 1.807) is 6.92 Å². The van der Waals surface area contributed by atoms with Crippen molar-refractivity contribution in [1.29, 1.82) is 0 Å². The number of ether oxygens (including phenoxy) is 1. The molecule has 0 rings (SSSR count). The van der Waals surface area contributed by atoms with Gasteiger partial charge in [0, 0.05) is 13.6 Å². The highest BCUT2D eigenvalue weighted by molar-refractivity contribution is 5.82. The first-order valence-electron chi connectivity index (χ1n) is 6.68. The SMILES string of the molecule is CCOC(=O)CCN(C)C(=O)N[C@@H](CC(C)C)C(=O)O. The molecule has 0 saturated carbocycles. The molecule has 7 nitrogen and oxygen atoms in total. The number of hydrogen-bond donors (Lipinski definition) is 2. The molecule has 20 heavy (non-hydrogen) atoms. The molecular formula is C13H24N2O5. The molecule has 0 bridgehead atoms. The first kappa shape index (κ1) is 18.2. The van der Waals surface area contributed by atoms with E-state index >= 15 is 0 Å². The van der Waals surface area contributed by atoms with Gasteiger partial charge in [-0.05, 0) is 19.3 Å². The highest BCUT2D eigenvalue weighted by Gasteiger charge is 2.22. The first-order valence-corrected chi connectivity index (χ1v) is 6.68. The Bertz CT molecular complexity index is 344. The van der Waals surface area contributed by atoms with Crippen molar-refractivity contribution in [3.05, 3.63) is 0 Å². The van der Waals surface area contributed by atoms with Crippen molar-refractivity contribution in [2.45, 2.75) is 39.7 Å². The van der Waals surface area contributed by atoms with Crippen LogP contribution in [-0.2, 0) is 14.3 Å². The Morgan fingerprint density at radius 1 is 1.30 bits per heavy atom. The summed E-state index contributed by atoms with van der Waals surface area (Å²) in [5, 5.41) is 11.5. The zero-order valence-corrected chi connectivity index (χ0v) is 12.5.